The van der Waals surface area contributed by atoms with Gasteiger partial charge in [0.05, 0.1) is 16.5 Å². The number of allylic oxidation sites excluding steroid dienone is 2. The summed E-state index contributed by atoms with van der Waals surface area (Å²) >= 11 is 0. The molecule has 3 aliphatic heterocycles. The third-order valence-electron chi connectivity index (χ3n) is 9.21. The number of aryl methyl sites for hydroxylation is 2. The van der Waals surface area contributed by atoms with Gasteiger partial charge in [-0.1, -0.05) is 48.6 Å². The number of nitrogens with one attached hydrogen (secondary N) is 2. The van der Waals surface area contributed by atoms with Gasteiger partial charge in [-0.05, 0) is 107 Å². The summed E-state index contributed by atoms with van der Waals surface area (Å²) in [5.74, 6) is 0.746. The Labute approximate surface area is 269 Å². The zero-order chi connectivity index (χ0) is 32.7. The molecule has 0 fully saturated rings. The third-order valence-corrected chi connectivity index (χ3v) is 9.21. The molecular formula is C40H40N2O4. The number of ether oxygens (including phenoxy) is 1. The Hall–Kier alpha value is -4.81. The second kappa shape index (κ2) is 10.4. The first-order valence-corrected chi connectivity index (χ1v) is 15.8. The fourth-order valence-electron chi connectivity index (χ4n) is 7.64. The van der Waals surface area contributed by atoms with Gasteiger partial charge in [0.1, 0.15) is 11.3 Å². The van der Waals surface area contributed by atoms with Crippen LogP contribution in [0.1, 0.15) is 75.6 Å². The maximum Gasteiger partial charge on any atom is 0.344 e. The normalized spacial score (nSPS) is 18.2. The van der Waals surface area contributed by atoms with Gasteiger partial charge in [0.25, 0.3) is 0 Å². The van der Waals surface area contributed by atoms with Gasteiger partial charge < -0.3 is 24.9 Å². The Kier molecular flexibility index (Phi) is 6.73. The fourth-order valence-corrected chi connectivity index (χ4v) is 7.64. The van der Waals surface area contributed by atoms with Gasteiger partial charge in [-0.2, -0.15) is 0 Å². The maximum atomic E-state index is 12.7. The van der Waals surface area contributed by atoms with Crippen LogP contribution in [0.5, 0.6) is 5.75 Å². The van der Waals surface area contributed by atoms with Crippen molar-refractivity contribution in [3.63, 3.8) is 0 Å². The average Bonchev–Trinajstić information content (AvgIpc) is 2.96. The van der Waals surface area contributed by atoms with Crippen LogP contribution in [0, 0.1) is 13.8 Å². The highest BCUT2D eigenvalue weighted by Crippen LogP contribution is 2.49. The molecule has 234 valence electrons. The van der Waals surface area contributed by atoms with E-state index in [1.165, 1.54) is 5.57 Å². The second-order valence-corrected chi connectivity index (χ2v) is 14.0. The molecule has 0 saturated carbocycles. The summed E-state index contributed by atoms with van der Waals surface area (Å²) < 4.78 is 11.4. The van der Waals surface area contributed by atoms with Crippen LogP contribution in [0.2, 0.25) is 0 Å². The van der Waals surface area contributed by atoms with E-state index in [0.29, 0.717) is 11.0 Å². The predicted octanol–water partition coefficient (Wildman–Crippen LogP) is 9.51. The van der Waals surface area contributed by atoms with Crippen LogP contribution in [0.25, 0.3) is 44.0 Å². The fraction of sp³-hybridized carbons (Fsp3) is 0.275. The van der Waals surface area contributed by atoms with Crippen molar-refractivity contribution in [3.8, 4) is 16.9 Å². The van der Waals surface area contributed by atoms with Gasteiger partial charge in [0.2, 0.25) is 6.29 Å². The molecule has 1 unspecified atom stereocenters. The lowest BCUT2D eigenvalue weighted by Crippen LogP contribution is -2.32. The first kappa shape index (κ1) is 29.9. The molecule has 0 saturated heterocycles. The van der Waals surface area contributed by atoms with Crippen LogP contribution in [0.4, 0.5) is 11.4 Å². The van der Waals surface area contributed by atoms with Crippen molar-refractivity contribution in [1.82, 2.24) is 0 Å². The molecular weight excluding hydrogens is 572 g/mol. The van der Waals surface area contributed by atoms with E-state index in [1.54, 1.807) is 0 Å². The van der Waals surface area contributed by atoms with E-state index in [2.05, 4.69) is 95.5 Å². The van der Waals surface area contributed by atoms with E-state index in [-0.39, 0.29) is 16.7 Å². The molecule has 0 aliphatic carbocycles. The molecule has 5 aromatic rings. The summed E-state index contributed by atoms with van der Waals surface area (Å²) in [6.07, 6.45) is 3.42. The predicted molar refractivity (Wildman–Crippen MR) is 190 cm³/mol. The van der Waals surface area contributed by atoms with E-state index < -0.39 is 6.29 Å². The van der Waals surface area contributed by atoms with Crippen molar-refractivity contribution in [1.29, 1.82) is 0 Å². The Balaban J connectivity index is 0.000000147. The summed E-state index contributed by atoms with van der Waals surface area (Å²) in [4.78, 5) is 12.7. The lowest BCUT2D eigenvalue weighted by atomic mass is 9.83. The average molecular weight is 613 g/mol. The molecule has 0 bridgehead atoms. The van der Waals surface area contributed by atoms with Crippen molar-refractivity contribution in [2.75, 3.05) is 10.6 Å². The minimum Gasteiger partial charge on any atom is -0.460 e. The van der Waals surface area contributed by atoms with E-state index in [0.717, 1.165) is 72.4 Å². The minimum absolute atomic E-state index is 0.0976. The first-order chi connectivity index (χ1) is 21.7. The number of hydrogen-bond donors (Lipinski definition) is 3. The quantitative estimate of drug-likeness (QED) is 0.119. The van der Waals surface area contributed by atoms with Gasteiger partial charge in [0.15, 0.2) is 0 Å². The number of anilines is 2. The molecule has 0 amide bonds. The minimum atomic E-state index is -0.944. The van der Waals surface area contributed by atoms with E-state index in [1.807, 2.05) is 43.3 Å². The lowest BCUT2D eigenvalue weighted by Gasteiger charge is -2.36. The van der Waals surface area contributed by atoms with Crippen molar-refractivity contribution >= 4 is 44.3 Å². The van der Waals surface area contributed by atoms with Crippen LogP contribution < -0.4 is 21.0 Å². The summed E-state index contributed by atoms with van der Waals surface area (Å²) in [6, 6.07) is 20.1. The SMILES string of the molecule is CC1=CC(C)(C)Nc2ccc3c(c21)C(O)Oc1cccc(C)c1-3.CC1=CC(C)(C)Nc2ccc3c(c21)c(=O)oc1cccc(C)c13. The standard InChI is InChI=1S/C20H21NO2.C20H19NO2/c2*1-11-6-5-7-15-16(11)13-8-9-14-17(18(13)19(22)23-15)12(2)10-20(3,4)21-14/h5-10,19,21-22H,1-4H3;5-10,21H,1-4H3. The van der Waals surface area contributed by atoms with Gasteiger partial charge in [-0.15, -0.1) is 0 Å². The monoisotopic (exact) mass is 612 g/mol. The molecule has 0 spiro atoms. The summed E-state index contributed by atoms with van der Waals surface area (Å²) in [5.41, 5.74) is 11.7. The lowest BCUT2D eigenvalue weighted by molar-refractivity contribution is -0.0215. The Morgan fingerprint density at radius 3 is 2.02 bits per heavy atom. The van der Waals surface area contributed by atoms with Crippen molar-refractivity contribution in [2.24, 2.45) is 0 Å². The first-order valence-electron chi connectivity index (χ1n) is 15.8. The summed E-state index contributed by atoms with van der Waals surface area (Å²) in [6.45, 7) is 16.8. The van der Waals surface area contributed by atoms with Crippen molar-refractivity contribution in [3.05, 3.63) is 111 Å². The number of benzene rings is 4. The molecule has 8 rings (SSSR count). The van der Waals surface area contributed by atoms with Crippen molar-refractivity contribution in [2.45, 2.75) is 72.8 Å². The van der Waals surface area contributed by atoms with Gasteiger partial charge in [-0.25, -0.2) is 4.79 Å². The number of aliphatic hydroxyl groups excluding tert-OH is 1. The van der Waals surface area contributed by atoms with Crippen LogP contribution >= 0.6 is 0 Å². The number of hydrogen-bond acceptors (Lipinski definition) is 6. The zero-order valence-corrected chi connectivity index (χ0v) is 27.7. The molecule has 6 nitrogen and oxygen atoms in total. The van der Waals surface area contributed by atoms with E-state index >= 15 is 0 Å². The summed E-state index contributed by atoms with van der Waals surface area (Å²) in [7, 11) is 0. The second-order valence-electron chi connectivity index (χ2n) is 14.0. The molecule has 4 aromatic carbocycles. The number of aliphatic hydroxyl groups is 1. The number of rotatable bonds is 0. The van der Waals surface area contributed by atoms with Crippen LogP contribution in [0.15, 0.2) is 82.0 Å². The smallest absolute Gasteiger partial charge is 0.344 e. The van der Waals surface area contributed by atoms with Crippen molar-refractivity contribution < 1.29 is 14.3 Å². The molecule has 3 N–H and O–H groups in total. The van der Waals surface area contributed by atoms with E-state index in [9.17, 15) is 9.90 Å². The highest BCUT2D eigenvalue weighted by Gasteiger charge is 2.33. The Bertz CT molecular complexity index is 2220. The third kappa shape index (κ3) is 4.79. The van der Waals surface area contributed by atoms with Crippen LogP contribution in [-0.2, 0) is 0 Å². The molecule has 3 aliphatic rings. The zero-order valence-electron chi connectivity index (χ0n) is 27.7. The van der Waals surface area contributed by atoms with Gasteiger partial charge in [-0.3, -0.25) is 0 Å². The highest BCUT2D eigenvalue weighted by atomic mass is 16.6. The molecule has 46 heavy (non-hydrogen) atoms. The molecule has 1 aromatic heterocycles. The van der Waals surface area contributed by atoms with Gasteiger partial charge >= 0.3 is 5.63 Å². The highest BCUT2D eigenvalue weighted by molar-refractivity contribution is 6.11. The molecule has 1 atom stereocenters. The van der Waals surface area contributed by atoms with Gasteiger partial charge in [0, 0.05) is 44.4 Å². The number of fused-ring (bicyclic) bond motifs is 10. The molecule has 4 heterocycles. The molecule has 0 radical (unpaired) electrons. The van der Waals surface area contributed by atoms with Crippen LogP contribution in [0.3, 0.4) is 0 Å². The molecule has 6 heteroatoms. The Morgan fingerprint density at radius 2 is 1.30 bits per heavy atom. The maximum absolute atomic E-state index is 12.7. The van der Waals surface area contributed by atoms with Crippen LogP contribution in [-0.4, -0.2) is 16.2 Å². The largest absolute Gasteiger partial charge is 0.460 e. The van der Waals surface area contributed by atoms with E-state index in [4.69, 9.17) is 9.15 Å². The summed E-state index contributed by atoms with van der Waals surface area (Å²) in [5, 5.41) is 20.3. The topological polar surface area (TPSA) is 83.7 Å². The Morgan fingerprint density at radius 1 is 0.696 bits per heavy atom.